The standard InChI is InChI=1S/C15H24BrNO2/c1-5-19-15(10(2)3)13(17)9-11-8-12(16)6-7-14(11)18-4/h6-8,10,13,15H,5,9,17H2,1-4H3. The predicted octanol–water partition coefficient (Wildman–Crippen LogP) is 3.39. The maximum absolute atomic E-state index is 6.31. The topological polar surface area (TPSA) is 44.5 Å². The lowest BCUT2D eigenvalue weighted by Crippen LogP contribution is -2.42. The largest absolute Gasteiger partial charge is 0.496 e. The Labute approximate surface area is 124 Å². The molecule has 0 saturated heterocycles. The maximum atomic E-state index is 6.31. The summed E-state index contributed by atoms with van der Waals surface area (Å²) in [6.07, 6.45) is 0.805. The van der Waals surface area contributed by atoms with Crippen LogP contribution in [-0.2, 0) is 11.2 Å². The first-order chi connectivity index (χ1) is 8.99. The van der Waals surface area contributed by atoms with E-state index in [1.165, 1.54) is 0 Å². The minimum Gasteiger partial charge on any atom is -0.496 e. The van der Waals surface area contributed by atoms with Gasteiger partial charge in [0.05, 0.1) is 13.2 Å². The molecule has 0 radical (unpaired) electrons. The molecular weight excluding hydrogens is 306 g/mol. The number of halogens is 1. The second-order valence-electron chi connectivity index (χ2n) is 4.99. The van der Waals surface area contributed by atoms with Crippen LogP contribution < -0.4 is 10.5 Å². The minimum absolute atomic E-state index is 0.0388. The number of nitrogens with two attached hydrogens (primary N) is 1. The molecule has 0 aromatic heterocycles. The summed E-state index contributed by atoms with van der Waals surface area (Å²) in [6, 6.07) is 5.94. The highest BCUT2D eigenvalue weighted by Gasteiger charge is 2.23. The molecule has 0 fully saturated rings. The average Bonchev–Trinajstić information content (AvgIpc) is 2.35. The Balaban J connectivity index is 2.85. The van der Waals surface area contributed by atoms with Crippen molar-refractivity contribution >= 4 is 15.9 Å². The Morgan fingerprint density at radius 2 is 2.00 bits per heavy atom. The van der Waals surface area contributed by atoms with Crippen LogP contribution in [0.5, 0.6) is 5.75 Å². The Hall–Kier alpha value is -0.580. The zero-order valence-electron chi connectivity index (χ0n) is 12.2. The molecule has 1 aromatic rings. The Kier molecular flexibility index (Phi) is 6.83. The first-order valence-electron chi connectivity index (χ1n) is 6.69. The SMILES string of the molecule is CCOC(C(C)C)C(N)Cc1cc(Br)ccc1OC. The van der Waals surface area contributed by atoms with Gasteiger partial charge in [-0.1, -0.05) is 29.8 Å². The first-order valence-corrected chi connectivity index (χ1v) is 7.48. The molecule has 0 spiro atoms. The van der Waals surface area contributed by atoms with Crippen LogP contribution in [0.4, 0.5) is 0 Å². The van der Waals surface area contributed by atoms with E-state index in [2.05, 4.69) is 35.8 Å². The van der Waals surface area contributed by atoms with E-state index in [1.54, 1.807) is 7.11 Å². The molecule has 0 saturated carbocycles. The highest BCUT2D eigenvalue weighted by molar-refractivity contribution is 9.10. The second kappa shape index (κ2) is 7.88. The van der Waals surface area contributed by atoms with E-state index in [0.29, 0.717) is 12.5 Å². The van der Waals surface area contributed by atoms with Crippen molar-refractivity contribution < 1.29 is 9.47 Å². The van der Waals surface area contributed by atoms with Gasteiger partial charge in [0.25, 0.3) is 0 Å². The predicted molar refractivity (Wildman–Crippen MR) is 82.6 cm³/mol. The van der Waals surface area contributed by atoms with Crippen molar-refractivity contribution in [2.24, 2.45) is 11.7 Å². The molecule has 0 aliphatic heterocycles. The third-order valence-corrected chi connectivity index (χ3v) is 3.63. The summed E-state index contributed by atoms with van der Waals surface area (Å²) in [5.74, 6) is 1.27. The maximum Gasteiger partial charge on any atom is 0.122 e. The molecule has 19 heavy (non-hydrogen) atoms. The quantitative estimate of drug-likeness (QED) is 0.833. The fourth-order valence-electron chi connectivity index (χ4n) is 2.28. The van der Waals surface area contributed by atoms with Gasteiger partial charge in [0.2, 0.25) is 0 Å². The van der Waals surface area contributed by atoms with Crippen molar-refractivity contribution in [2.75, 3.05) is 13.7 Å². The molecule has 2 unspecified atom stereocenters. The lowest BCUT2D eigenvalue weighted by molar-refractivity contribution is 0.0127. The number of benzene rings is 1. The van der Waals surface area contributed by atoms with Crippen LogP contribution in [0.3, 0.4) is 0 Å². The smallest absolute Gasteiger partial charge is 0.122 e. The number of methoxy groups -OCH3 is 1. The van der Waals surface area contributed by atoms with Gasteiger partial charge in [0.15, 0.2) is 0 Å². The van der Waals surface area contributed by atoms with Crippen LogP contribution in [0.1, 0.15) is 26.3 Å². The fraction of sp³-hybridized carbons (Fsp3) is 0.600. The van der Waals surface area contributed by atoms with Crippen molar-refractivity contribution in [1.82, 2.24) is 0 Å². The molecule has 2 atom stereocenters. The van der Waals surface area contributed by atoms with E-state index in [1.807, 2.05) is 19.1 Å². The number of hydrogen-bond donors (Lipinski definition) is 1. The molecule has 0 aliphatic rings. The third-order valence-electron chi connectivity index (χ3n) is 3.14. The molecule has 0 amide bonds. The zero-order chi connectivity index (χ0) is 14.4. The van der Waals surface area contributed by atoms with Crippen LogP contribution in [0, 0.1) is 5.92 Å². The van der Waals surface area contributed by atoms with Crippen LogP contribution in [0.2, 0.25) is 0 Å². The minimum atomic E-state index is -0.0388. The van der Waals surface area contributed by atoms with Gasteiger partial charge in [-0.3, -0.25) is 0 Å². The van der Waals surface area contributed by atoms with Gasteiger partial charge in [-0.2, -0.15) is 0 Å². The van der Waals surface area contributed by atoms with E-state index >= 15 is 0 Å². The van der Waals surface area contributed by atoms with Gasteiger partial charge in [-0.25, -0.2) is 0 Å². The van der Waals surface area contributed by atoms with Crippen molar-refractivity contribution in [3.8, 4) is 5.75 Å². The van der Waals surface area contributed by atoms with Gasteiger partial charge >= 0.3 is 0 Å². The van der Waals surface area contributed by atoms with Crippen LogP contribution in [-0.4, -0.2) is 25.9 Å². The summed E-state index contributed by atoms with van der Waals surface area (Å²) in [5.41, 5.74) is 7.42. The summed E-state index contributed by atoms with van der Waals surface area (Å²) in [4.78, 5) is 0. The molecule has 0 heterocycles. The summed E-state index contributed by atoms with van der Waals surface area (Å²) in [5, 5.41) is 0. The summed E-state index contributed by atoms with van der Waals surface area (Å²) >= 11 is 3.48. The van der Waals surface area contributed by atoms with E-state index in [4.69, 9.17) is 15.2 Å². The Bertz CT molecular complexity index is 396. The normalized spacial score (nSPS) is 14.5. The van der Waals surface area contributed by atoms with Gasteiger partial charge in [-0.05, 0) is 43.0 Å². The van der Waals surface area contributed by atoms with Crippen LogP contribution >= 0.6 is 15.9 Å². The van der Waals surface area contributed by atoms with Crippen LogP contribution in [0.25, 0.3) is 0 Å². The highest BCUT2D eigenvalue weighted by Crippen LogP contribution is 2.25. The molecule has 3 nitrogen and oxygen atoms in total. The van der Waals surface area contributed by atoms with Gasteiger partial charge in [0.1, 0.15) is 5.75 Å². The van der Waals surface area contributed by atoms with Crippen molar-refractivity contribution in [2.45, 2.75) is 39.3 Å². The van der Waals surface area contributed by atoms with Crippen molar-refractivity contribution in [3.63, 3.8) is 0 Å². The third kappa shape index (κ3) is 4.79. The highest BCUT2D eigenvalue weighted by atomic mass is 79.9. The molecule has 2 N–H and O–H groups in total. The summed E-state index contributed by atoms with van der Waals surface area (Å²) < 4.78 is 12.2. The van der Waals surface area contributed by atoms with E-state index < -0.39 is 0 Å². The number of rotatable bonds is 7. The van der Waals surface area contributed by atoms with Gasteiger partial charge in [-0.15, -0.1) is 0 Å². The van der Waals surface area contributed by atoms with E-state index in [9.17, 15) is 0 Å². The molecule has 4 heteroatoms. The van der Waals surface area contributed by atoms with Crippen molar-refractivity contribution in [1.29, 1.82) is 0 Å². The molecule has 1 rings (SSSR count). The second-order valence-corrected chi connectivity index (χ2v) is 5.90. The lowest BCUT2D eigenvalue weighted by Gasteiger charge is -2.27. The molecule has 1 aromatic carbocycles. The monoisotopic (exact) mass is 329 g/mol. The van der Waals surface area contributed by atoms with Gasteiger partial charge in [0, 0.05) is 17.1 Å². The molecule has 0 aliphatic carbocycles. The van der Waals surface area contributed by atoms with Crippen LogP contribution in [0.15, 0.2) is 22.7 Å². The molecular formula is C15H24BrNO2. The van der Waals surface area contributed by atoms with E-state index in [-0.39, 0.29) is 12.1 Å². The van der Waals surface area contributed by atoms with E-state index in [0.717, 1.165) is 22.2 Å². The summed E-state index contributed by atoms with van der Waals surface area (Å²) in [7, 11) is 1.68. The number of hydrogen-bond acceptors (Lipinski definition) is 3. The average molecular weight is 330 g/mol. The number of ether oxygens (including phenoxy) is 2. The Morgan fingerprint density at radius 1 is 1.32 bits per heavy atom. The summed E-state index contributed by atoms with van der Waals surface area (Å²) in [6.45, 7) is 6.96. The van der Waals surface area contributed by atoms with Gasteiger partial charge < -0.3 is 15.2 Å². The Morgan fingerprint density at radius 3 is 2.53 bits per heavy atom. The first kappa shape index (κ1) is 16.5. The fourth-order valence-corrected chi connectivity index (χ4v) is 2.69. The lowest BCUT2D eigenvalue weighted by atomic mass is 9.94. The zero-order valence-corrected chi connectivity index (χ0v) is 13.7. The molecule has 0 bridgehead atoms. The van der Waals surface area contributed by atoms with Crippen molar-refractivity contribution in [3.05, 3.63) is 28.2 Å². The molecule has 108 valence electrons.